The topological polar surface area (TPSA) is 102 Å². The van der Waals surface area contributed by atoms with E-state index in [1.807, 2.05) is 5.32 Å². The summed E-state index contributed by atoms with van der Waals surface area (Å²) in [4.78, 5) is 34.9. The number of aliphatic carboxylic acids is 1. The fourth-order valence-electron chi connectivity index (χ4n) is 1.08. The number of carboxylic acid groups (broad SMARTS) is 1. The van der Waals surface area contributed by atoms with Crippen LogP contribution in [0.4, 0.5) is 4.79 Å². The number of alkyl carbamates (subject to hydrolysis) is 1. The first kappa shape index (κ1) is 18.2. The minimum Gasteiger partial charge on any atom is -0.479 e. The summed E-state index contributed by atoms with van der Waals surface area (Å²) in [5.74, 6) is -2.60. The Kier molecular flexibility index (Phi) is 5.17. The van der Waals surface area contributed by atoms with Crippen molar-refractivity contribution in [2.24, 2.45) is 0 Å². The number of carbonyl (C=O) groups excluding carboxylic acids is 2. The number of carboxylic acids is 1. The molecule has 0 rings (SSSR count). The van der Waals surface area contributed by atoms with Crippen LogP contribution in [0.15, 0.2) is 0 Å². The number of esters is 1. The fourth-order valence-corrected chi connectivity index (χ4v) is 1.08. The van der Waals surface area contributed by atoms with E-state index in [2.05, 4.69) is 0 Å². The zero-order chi connectivity index (χ0) is 16.4. The molecule has 0 aliphatic heterocycles. The van der Waals surface area contributed by atoms with Crippen LogP contribution in [0, 0.1) is 0 Å². The van der Waals surface area contributed by atoms with Crippen LogP contribution in [0.5, 0.6) is 0 Å². The van der Waals surface area contributed by atoms with Crippen molar-refractivity contribution in [1.29, 1.82) is 0 Å². The molecule has 0 radical (unpaired) electrons. The summed E-state index contributed by atoms with van der Waals surface area (Å²) in [6.45, 7) is 10.7. The molecule has 0 saturated carbocycles. The van der Waals surface area contributed by atoms with Crippen molar-refractivity contribution >= 4 is 18.0 Å². The van der Waals surface area contributed by atoms with Gasteiger partial charge in [0.2, 0.25) is 5.54 Å². The zero-order valence-corrected chi connectivity index (χ0v) is 13.0. The number of hydrogen-bond acceptors (Lipinski definition) is 5. The maximum absolute atomic E-state index is 11.9. The number of nitrogens with one attached hydrogen (secondary N) is 1. The van der Waals surface area contributed by atoms with Crippen LogP contribution in [0.2, 0.25) is 0 Å². The third-order valence-corrected chi connectivity index (χ3v) is 1.99. The highest BCUT2D eigenvalue weighted by molar-refractivity contribution is 6.06. The summed E-state index contributed by atoms with van der Waals surface area (Å²) < 4.78 is 9.95. The fraction of sp³-hybridized carbons (Fsp3) is 0.769. The minimum atomic E-state index is -2.21. The summed E-state index contributed by atoms with van der Waals surface area (Å²) in [6, 6.07) is 0. The molecule has 0 aliphatic rings. The lowest BCUT2D eigenvalue weighted by Gasteiger charge is -2.30. The number of amides is 1. The van der Waals surface area contributed by atoms with E-state index in [9.17, 15) is 19.5 Å². The van der Waals surface area contributed by atoms with E-state index in [1.54, 1.807) is 41.5 Å². The van der Waals surface area contributed by atoms with Crippen molar-refractivity contribution in [3.05, 3.63) is 0 Å². The first-order valence-electron chi connectivity index (χ1n) is 6.15. The van der Waals surface area contributed by atoms with Crippen LogP contribution < -0.4 is 5.32 Å². The van der Waals surface area contributed by atoms with E-state index in [4.69, 9.17) is 9.47 Å². The highest BCUT2D eigenvalue weighted by atomic mass is 16.6. The second kappa shape index (κ2) is 5.68. The van der Waals surface area contributed by atoms with Gasteiger partial charge in [0.25, 0.3) is 0 Å². The van der Waals surface area contributed by atoms with Crippen LogP contribution in [-0.4, -0.2) is 39.9 Å². The van der Waals surface area contributed by atoms with Gasteiger partial charge in [-0.3, -0.25) is 5.32 Å². The number of ether oxygens (including phenoxy) is 2. The van der Waals surface area contributed by atoms with Crippen LogP contribution >= 0.6 is 0 Å². The van der Waals surface area contributed by atoms with E-state index in [-0.39, 0.29) is 0 Å². The molecule has 0 spiro atoms. The van der Waals surface area contributed by atoms with E-state index in [1.165, 1.54) is 0 Å². The normalized spacial score (nSPS) is 14.9. The number of carbonyl (C=O) groups is 3. The van der Waals surface area contributed by atoms with Crippen molar-refractivity contribution in [1.82, 2.24) is 5.32 Å². The van der Waals surface area contributed by atoms with Gasteiger partial charge in [-0.05, 0) is 48.5 Å². The Morgan fingerprint density at radius 2 is 1.25 bits per heavy atom. The largest absolute Gasteiger partial charge is 0.479 e. The summed E-state index contributed by atoms with van der Waals surface area (Å²) in [6.07, 6.45) is -1.01. The SMILES string of the molecule is CC(C)(C)OC(=O)NC(C)(C(=O)O)C(=O)OC(C)(C)C. The molecule has 1 amide bonds. The van der Waals surface area contributed by atoms with Crippen molar-refractivity contribution < 1.29 is 29.0 Å². The second-order valence-corrected chi connectivity index (χ2v) is 6.56. The molecule has 0 heterocycles. The lowest BCUT2D eigenvalue weighted by atomic mass is 10.0. The molecule has 0 aromatic heterocycles. The zero-order valence-electron chi connectivity index (χ0n) is 13.0. The average Bonchev–Trinajstić information content (AvgIpc) is 2.10. The Labute approximate surface area is 118 Å². The Morgan fingerprint density at radius 3 is 1.55 bits per heavy atom. The number of rotatable bonds is 3. The van der Waals surface area contributed by atoms with Gasteiger partial charge in [-0.1, -0.05) is 0 Å². The van der Waals surface area contributed by atoms with Gasteiger partial charge in [0, 0.05) is 0 Å². The maximum atomic E-state index is 11.9. The molecule has 0 saturated heterocycles. The summed E-state index contributed by atoms with van der Waals surface area (Å²) in [5.41, 5.74) is -3.89. The van der Waals surface area contributed by atoms with Gasteiger partial charge in [0.1, 0.15) is 11.2 Å². The Morgan fingerprint density at radius 1 is 0.850 bits per heavy atom. The molecule has 7 heteroatoms. The molecule has 1 unspecified atom stereocenters. The molecule has 20 heavy (non-hydrogen) atoms. The van der Waals surface area contributed by atoms with E-state index in [0.29, 0.717) is 0 Å². The van der Waals surface area contributed by atoms with Crippen molar-refractivity contribution in [2.75, 3.05) is 0 Å². The molecule has 0 bridgehead atoms. The van der Waals surface area contributed by atoms with Gasteiger partial charge in [-0.2, -0.15) is 0 Å². The van der Waals surface area contributed by atoms with Crippen LogP contribution in [0.3, 0.4) is 0 Å². The van der Waals surface area contributed by atoms with Crippen molar-refractivity contribution in [3.8, 4) is 0 Å². The van der Waals surface area contributed by atoms with Crippen molar-refractivity contribution in [2.45, 2.75) is 65.2 Å². The van der Waals surface area contributed by atoms with Gasteiger partial charge in [0.05, 0.1) is 0 Å². The molecular formula is C13H23NO6. The van der Waals surface area contributed by atoms with Gasteiger partial charge in [-0.15, -0.1) is 0 Å². The van der Waals surface area contributed by atoms with Crippen LogP contribution in [0.1, 0.15) is 48.5 Å². The van der Waals surface area contributed by atoms with Gasteiger partial charge in [-0.25, -0.2) is 14.4 Å². The van der Waals surface area contributed by atoms with Crippen LogP contribution in [0.25, 0.3) is 0 Å². The highest BCUT2D eigenvalue weighted by Gasteiger charge is 2.47. The maximum Gasteiger partial charge on any atom is 0.409 e. The minimum absolute atomic E-state index is 0.808. The van der Waals surface area contributed by atoms with Gasteiger partial charge < -0.3 is 14.6 Å². The molecule has 0 aliphatic carbocycles. The molecule has 0 fully saturated rings. The van der Waals surface area contributed by atoms with Gasteiger partial charge in [0.15, 0.2) is 0 Å². The van der Waals surface area contributed by atoms with E-state index < -0.39 is 34.8 Å². The Bertz CT molecular complexity index is 404. The van der Waals surface area contributed by atoms with Crippen LogP contribution in [-0.2, 0) is 19.1 Å². The predicted octanol–water partition coefficient (Wildman–Crippen LogP) is 1.70. The third-order valence-electron chi connectivity index (χ3n) is 1.99. The monoisotopic (exact) mass is 289 g/mol. The highest BCUT2D eigenvalue weighted by Crippen LogP contribution is 2.16. The molecular weight excluding hydrogens is 266 g/mol. The standard InChI is InChI=1S/C13H23NO6/c1-11(2,3)19-9(17)13(7,8(15)16)14-10(18)20-12(4,5)6/h1-7H3,(H,14,18)(H,15,16). The lowest BCUT2D eigenvalue weighted by Crippen LogP contribution is -2.60. The predicted molar refractivity (Wildman–Crippen MR) is 71.3 cm³/mol. The first-order valence-corrected chi connectivity index (χ1v) is 6.15. The Balaban J connectivity index is 5.09. The average molecular weight is 289 g/mol. The number of hydrogen-bond donors (Lipinski definition) is 2. The van der Waals surface area contributed by atoms with Crippen molar-refractivity contribution in [3.63, 3.8) is 0 Å². The molecule has 2 N–H and O–H groups in total. The molecule has 7 nitrogen and oxygen atoms in total. The smallest absolute Gasteiger partial charge is 0.409 e. The summed E-state index contributed by atoms with van der Waals surface area (Å²) in [7, 11) is 0. The molecule has 0 aromatic rings. The van der Waals surface area contributed by atoms with E-state index >= 15 is 0 Å². The Hall–Kier alpha value is -1.79. The summed E-state index contributed by atoms with van der Waals surface area (Å²) >= 11 is 0. The quantitative estimate of drug-likeness (QED) is 0.605. The van der Waals surface area contributed by atoms with E-state index in [0.717, 1.165) is 6.92 Å². The molecule has 116 valence electrons. The molecule has 1 atom stereocenters. The third kappa shape index (κ3) is 5.90. The van der Waals surface area contributed by atoms with Gasteiger partial charge >= 0.3 is 18.0 Å². The second-order valence-electron chi connectivity index (χ2n) is 6.56. The molecule has 0 aromatic carbocycles. The lowest BCUT2D eigenvalue weighted by molar-refractivity contribution is -0.170. The summed E-state index contributed by atoms with van der Waals surface area (Å²) in [5, 5.41) is 11.2. The first-order chi connectivity index (χ1) is 8.67.